The van der Waals surface area contributed by atoms with E-state index in [0.29, 0.717) is 42.2 Å². The standard InChI is InChI=1S/C26H26N6O3/c1-31(2)20-7-5-18(6-8-20)22-14-23-24(29-11-10-28-23)25(30-22)35-17-21-16-32(12-13-34-21)26(33)19-4-3-9-27-15-19/h3-11,14-15,21H,12-13,16-17H2,1-2H3/t21-/m0/s1. The van der Waals surface area contributed by atoms with Gasteiger partial charge in [0.2, 0.25) is 5.88 Å². The van der Waals surface area contributed by atoms with Gasteiger partial charge in [-0.3, -0.25) is 14.8 Å². The monoisotopic (exact) mass is 470 g/mol. The number of amides is 1. The van der Waals surface area contributed by atoms with Gasteiger partial charge in [0.15, 0.2) is 5.52 Å². The van der Waals surface area contributed by atoms with Crippen LogP contribution in [0.4, 0.5) is 5.69 Å². The quantitative estimate of drug-likeness (QED) is 0.425. The van der Waals surface area contributed by atoms with Gasteiger partial charge in [0.1, 0.15) is 12.7 Å². The Balaban J connectivity index is 1.34. The van der Waals surface area contributed by atoms with E-state index in [1.165, 1.54) is 0 Å². The molecule has 1 atom stereocenters. The van der Waals surface area contributed by atoms with Gasteiger partial charge >= 0.3 is 0 Å². The molecule has 1 fully saturated rings. The molecule has 3 aromatic heterocycles. The van der Waals surface area contributed by atoms with E-state index in [-0.39, 0.29) is 18.6 Å². The number of nitrogens with zero attached hydrogens (tertiary/aromatic N) is 6. The summed E-state index contributed by atoms with van der Waals surface area (Å²) in [6, 6.07) is 13.6. The Hall–Kier alpha value is -4.11. The Bertz CT molecular complexity index is 1310. The number of aromatic nitrogens is 4. The van der Waals surface area contributed by atoms with Crippen molar-refractivity contribution in [2.45, 2.75) is 6.10 Å². The molecular weight excluding hydrogens is 444 g/mol. The molecule has 0 radical (unpaired) electrons. The molecular formula is C26H26N6O3. The molecule has 1 amide bonds. The van der Waals surface area contributed by atoms with Gasteiger partial charge in [0.05, 0.1) is 29.9 Å². The molecule has 0 saturated carbocycles. The highest BCUT2D eigenvalue weighted by molar-refractivity contribution is 5.94. The van der Waals surface area contributed by atoms with E-state index < -0.39 is 0 Å². The van der Waals surface area contributed by atoms with Crippen LogP contribution in [0.25, 0.3) is 22.3 Å². The van der Waals surface area contributed by atoms with Crippen LogP contribution in [-0.2, 0) is 4.74 Å². The van der Waals surface area contributed by atoms with Crippen LogP contribution in [0.3, 0.4) is 0 Å². The largest absolute Gasteiger partial charge is 0.473 e. The number of morpholine rings is 1. The Labute approximate surface area is 203 Å². The fourth-order valence-corrected chi connectivity index (χ4v) is 3.97. The molecule has 9 nitrogen and oxygen atoms in total. The van der Waals surface area contributed by atoms with Crippen molar-refractivity contribution in [1.82, 2.24) is 24.8 Å². The maximum absolute atomic E-state index is 12.8. The average Bonchev–Trinajstić information content (AvgIpc) is 2.92. The van der Waals surface area contributed by atoms with E-state index in [2.05, 4.69) is 15.0 Å². The third-order valence-corrected chi connectivity index (χ3v) is 5.84. The number of pyridine rings is 2. The van der Waals surface area contributed by atoms with E-state index in [1.807, 2.05) is 49.3 Å². The summed E-state index contributed by atoms with van der Waals surface area (Å²) in [5.41, 5.74) is 4.64. The highest BCUT2D eigenvalue weighted by atomic mass is 16.5. The maximum atomic E-state index is 12.8. The van der Waals surface area contributed by atoms with E-state index in [4.69, 9.17) is 14.5 Å². The number of ether oxygens (including phenoxy) is 2. The Morgan fingerprint density at radius 1 is 1.14 bits per heavy atom. The number of carbonyl (C=O) groups excluding carboxylic acids is 1. The summed E-state index contributed by atoms with van der Waals surface area (Å²) >= 11 is 0. The summed E-state index contributed by atoms with van der Waals surface area (Å²) in [6.45, 7) is 1.61. The van der Waals surface area contributed by atoms with E-state index >= 15 is 0 Å². The van der Waals surface area contributed by atoms with Crippen molar-refractivity contribution in [3.63, 3.8) is 0 Å². The first-order valence-corrected chi connectivity index (χ1v) is 11.4. The van der Waals surface area contributed by atoms with E-state index in [0.717, 1.165) is 16.9 Å². The molecule has 35 heavy (non-hydrogen) atoms. The van der Waals surface area contributed by atoms with Crippen molar-refractivity contribution in [3.05, 3.63) is 72.8 Å². The van der Waals surface area contributed by atoms with E-state index in [1.54, 1.807) is 41.8 Å². The first kappa shape index (κ1) is 22.7. The number of carbonyl (C=O) groups is 1. The third kappa shape index (κ3) is 5.04. The molecule has 9 heteroatoms. The van der Waals surface area contributed by atoms with Gasteiger partial charge in [0.25, 0.3) is 5.91 Å². The fourth-order valence-electron chi connectivity index (χ4n) is 3.97. The second-order valence-corrected chi connectivity index (χ2v) is 8.47. The summed E-state index contributed by atoms with van der Waals surface area (Å²) in [6.07, 6.45) is 6.21. The smallest absolute Gasteiger partial charge is 0.255 e. The van der Waals surface area contributed by atoms with Crippen molar-refractivity contribution < 1.29 is 14.3 Å². The second kappa shape index (κ2) is 10.0. The highest BCUT2D eigenvalue weighted by Gasteiger charge is 2.26. The summed E-state index contributed by atoms with van der Waals surface area (Å²) in [7, 11) is 4.01. The number of benzene rings is 1. The molecule has 1 saturated heterocycles. The van der Waals surface area contributed by atoms with Crippen LogP contribution < -0.4 is 9.64 Å². The normalized spacial score (nSPS) is 15.7. The Morgan fingerprint density at radius 2 is 1.97 bits per heavy atom. The van der Waals surface area contributed by atoms with Gasteiger partial charge in [-0.05, 0) is 30.3 Å². The minimum Gasteiger partial charge on any atom is -0.473 e. The molecule has 1 aliphatic rings. The lowest BCUT2D eigenvalue weighted by Gasteiger charge is -2.32. The van der Waals surface area contributed by atoms with Crippen LogP contribution in [0.1, 0.15) is 10.4 Å². The summed E-state index contributed by atoms with van der Waals surface area (Å²) in [5, 5.41) is 0. The number of hydrogen-bond acceptors (Lipinski definition) is 8. The zero-order valence-electron chi connectivity index (χ0n) is 19.7. The second-order valence-electron chi connectivity index (χ2n) is 8.47. The van der Waals surface area contributed by atoms with Crippen LogP contribution in [0, 0.1) is 0 Å². The minimum absolute atomic E-state index is 0.0657. The number of hydrogen-bond donors (Lipinski definition) is 0. The number of fused-ring (bicyclic) bond motifs is 1. The van der Waals surface area contributed by atoms with Gasteiger partial charge in [-0.1, -0.05) is 12.1 Å². The van der Waals surface area contributed by atoms with Crippen molar-refractivity contribution in [1.29, 1.82) is 0 Å². The zero-order chi connectivity index (χ0) is 24.2. The SMILES string of the molecule is CN(C)c1ccc(-c2cc3nccnc3c(OC[C@@H]3CN(C(=O)c4cccnc4)CCO3)n2)cc1. The maximum Gasteiger partial charge on any atom is 0.255 e. The van der Waals surface area contributed by atoms with Gasteiger partial charge in [0, 0.05) is 56.7 Å². The predicted molar refractivity (Wildman–Crippen MR) is 132 cm³/mol. The van der Waals surface area contributed by atoms with E-state index in [9.17, 15) is 4.79 Å². The van der Waals surface area contributed by atoms with Crippen LogP contribution >= 0.6 is 0 Å². The average molecular weight is 471 g/mol. The van der Waals surface area contributed by atoms with Crippen LogP contribution in [-0.4, -0.2) is 77.2 Å². The van der Waals surface area contributed by atoms with Gasteiger partial charge in [-0.15, -0.1) is 0 Å². The van der Waals surface area contributed by atoms with Crippen molar-refractivity contribution in [2.75, 3.05) is 45.3 Å². The number of anilines is 1. The third-order valence-electron chi connectivity index (χ3n) is 5.84. The van der Waals surface area contributed by atoms with Crippen molar-refractivity contribution in [3.8, 4) is 17.1 Å². The highest BCUT2D eigenvalue weighted by Crippen LogP contribution is 2.28. The lowest BCUT2D eigenvalue weighted by Crippen LogP contribution is -2.47. The predicted octanol–water partition coefficient (Wildman–Crippen LogP) is 3.07. The van der Waals surface area contributed by atoms with Crippen molar-refractivity contribution in [2.24, 2.45) is 0 Å². The summed E-state index contributed by atoms with van der Waals surface area (Å²) in [5.74, 6) is 0.325. The number of rotatable bonds is 6. The molecule has 0 unspecified atom stereocenters. The summed E-state index contributed by atoms with van der Waals surface area (Å²) in [4.78, 5) is 34.3. The van der Waals surface area contributed by atoms with Crippen molar-refractivity contribution >= 4 is 22.6 Å². The topological polar surface area (TPSA) is 93.6 Å². The van der Waals surface area contributed by atoms with Gasteiger partial charge < -0.3 is 19.3 Å². The first-order chi connectivity index (χ1) is 17.1. The fraction of sp³-hybridized carbons (Fsp3) is 0.269. The molecule has 4 aromatic rings. The Morgan fingerprint density at radius 3 is 2.74 bits per heavy atom. The van der Waals surface area contributed by atoms with Crippen LogP contribution in [0.15, 0.2) is 67.3 Å². The van der Waals surface area contributed by atoms with Gasteiger partial charge in [-0.25, -0.2) is 9.97 Å². The molecule has 0 N–H and O–H groups in total. The zero-order valence-corrected chi connectivity index (χ0v) is 19.7. The molecule has 4 heterocycles. The Kier molecular flexibility index (Phi) is 6.49. The molecule has 0 aliphatic carbocycles. The molecule has 0 bridgehead atoms. The first-order valence-electron chi connectivity index (χ1n) is 11.4. The molecule has 1 aliphatic heterocycles. The lowest BCUT2D eigenvalue weighted by atomic mass is 10.1. The molecule has 178 valence electrons. The van der Waals surface area contributed by atoms with Gasteiger partial charge in [-0.2, -0.15) is 0 Å². The minimum atomic E-state index is -0.291. The van der Waals surface area contributed by atoms with Crippen LogP contribution in [0.5, 0.6) is 5.88 Å². The molecule has 1 aromatic carbocycles. The van der Waals surface area contributed by atoms with Crippen LogP contribution in [0.2, 0.25) is 0 Å². The molecule has 5 rings (SSSR count). The summed E-state index contributed by atoms with van der Waals surface area (Å²) < 4.78 is 12.0. The lowest BCUT2D eigenvalue weighted by molar-refractivity contribution is -0.0405. The molecule has 0 spiro atoms.